The van der Waals surface area contributed by atoms with Crippen LogP contribution in [-0.4, -0.2) is 50.5 Å². The maximum atomic E-state index is 12.8. The van der Waals surface area contributed by atoms with Gasteiger partial charge in [-0.2, -0.15) is 0 Å². The molecule has 1 aliphatic rings. The molecule has 1 aromatic carbocycles. The van der Waals surface area contributed by atoms with Crippen molar-refractivity contribution in [3.63, 3.8) is 0 Å². The Labute approximate surface area is 162 Å². The molecule has 0 aliphatic heterocycles. The summed E-state index contributed by atoms with van der Waals surface area (Å²) >= 11 is 0. The van der Waals surface area contributed by atoms with Gasteiger partial charge in [0.05, 0.1) is 14.2 Å². The van der Waals surface area contributed by atoms with Crippen LogP contribution in [0.15, 0.2) is 36.0 Å². The number of likely N-dealkylation sites (N-methyl/N-ethyl adjacent to an activating group) is 1. The minimum atomic E-state index is -0.118. The summed E-state index contributed by atoms with van der Waals surface area (Å²) in [5.74, 6) is 0.670. The first-order chi connectivity index (χ1) is 13.0. The van der Waals surface area contributed by atoms with Gasteiger partial charge < -0.3 is 19.9 Å². The summed E-state index contributed by atoms with van der Waals surface area (Å²) in [5, 5.41) is 2.86. The molecule has 1 aliphatic carbocycles. The number of benzene rings is 1. The molecule has 0 bridgehead atoms. The molecule has 0 spiro atoms. The van der Waals surface area contributed by atoms with E-state index < -0.39 is 0 Å². The molecule has 1 aromatic rings. The van der Waals surface area contributed by atoms with E-state index in [2.05, 4.69) is 18.3 Å². The molecule has 148 valence electrons. The van der Waals surface area contributed by atoms with E-state index in [-0.39, 0.29) is 18.4 Å². The number of anilines is 1. The second-order valence-corrected chi connectivity index (χ2v) is 7.08. The molecule has 2 amide bonds. The maximum absolute atomic E-state index is 12.8. The lowest BCUT2D eigenvalue weighted by Gasteiger charge is -2.28. The SMILES string of the molecule is CCCN(C(=O)C[NH+](C)CC(=O)Nc1cccc(OC)c1)C1=CCCCC1. The number of allylic oxidation sites excluding steroid dienone is 2. The highest BCUT2D eigenvalue weighted by Crippen LogP contribution is 2.21. The van der Waals surface area contributed by atoms with Gasteiger partial charge in [0.1, 0.15) is 5.75 Å². The average molecular weight is 375 g/mol. The third-order valence-electron chi connectivity index (χ3n) is 4.63. The van der Waals surface area contributed by atoms with Crippen LogP contribution >= 0.6 is 0 Å². The van der Waals surface area contributed by atoms with Crippen molar-refractivity contribution < 1.29 is 19.2 Å². The van der Waals surface area contributed by atoms with Gasteiger partial charge in [-0.1, -0.05) is 19.1 Å². The second-order valence-electron chi connectivity index (χ2n) is 7.08. The molecular formula is C21H32N3O3+. The van der Waals surface area contributed by atoms with Crippen molar-refractivity contribution in [2.75, 3.05) is 39.1 Å². The number of nitrogens with one attached hydrogen (secondary N) is 2. The number of hydrogen-bond donors (Lipinski definition) is 2. The van der Waals surface area contributed by atoms with E-state index in [9.17, 15) is 9.59 Å². The number of methoxy groups -OCH3 is 1. The molecular weight excluding hydrogens is 342 g/mol. The highest BCUT2D eigenvalue weighted by Gasteiger charge is 2.22. The number of carbonyl (C=O) groups is 2. The minimum absolute atomic E-state index is 0.0941. The number of amides is 2. The molecule has 0 heterocycles. The Kier molecular flexibility index (Phi) is 8.33. The van der Waals surface area contributed by atoms with Crippen LogP contribution < -0.4 is 15.0 Å². The van der Waals surface area contributed by atoms with Gasteiger partial charge in [-0.25, -0.2) is 0 Å². The van der Waals surface area contributed by atoms with Gasteiger partial charge in [0.15, 0.2) is 13.1 Å². The summed E-state index contributed by atoms with van der Waals surface area (Å²) in [6.07, 6.45) is 7.49. The summed E-state index contributed by atoms with van der Waals surface area (Å²) in [7, 11) is 3.47. The van der Waals surface area contributed by atoms with Crippen LogP contribution in [-0.2, 0) is 9.59 Å². The smallest absolute Gasteiger partial charge is 0.281 e. The monoisotopic (exact) mass is 374 g/mol. The first kappa shape index (κ1) is 21.0. The van der Waals surface area contributed by atoms with E-state index in [0.717, 1.165) is 42.8 Å². The molecule has 0 radical (unpaired) electrons. The fraction of sp³-hybridized carbons (Fsp3) is 0.524. The Morgan fingerprint density at radius 3 is 2.74 bits per heavy atom. The van der Waals surface area contributed by atoms with Gasteiger partial charge in [-0.15, -0.1) is 0 Å². The lowest BCUT2D eigenvalue weighted by Crippen LogP contribution is -3.11. The fourth-order valence-electron chi connectivity index (χ4n) is 3.31. The van der Waals surface area contributed by atoms with E-state index >= 15 is 0 Å². The first-order valence-corrected chi connectivity index (χ1v) is 9.78. The number of rotatable bonds is 9. The summed E-state index contributed by atoms with van der Waals surface area (Å²) in [6, 6.07) is 7.25. The van der Waals surface area contributed by atoms with Gasteiger partial charge in [0.2, 0.25) is 0 Å². The molecule has 6 heteroatoms. The Morgan fingerprint density at radius 2 is 2.07 bits per heavy atom. The van der Waals surface area contributed by atoms with Crippen molar-refractivity contribution in [3.05, 3.63) is 36.0 Å². The predicted molar refractivity (Wildman–Crippen MR) is 107 cm³/mol. The van der Waals surface area contributed by atoms with Crippen molar-refractivity contribution in [2.45, 2.75) is 39.0 Å². The van der Waals surface area contributed by atoms with Gasteiger partial charge >= 0.3 is 0 Å². The summed E-state index contributed by atoms with van der Waals surface area (Å²) in [6.45, 7) is 3.38. The average Bonchev–Trinajstić information content (AvgIpc) is 2.66. The molecule has 1 unspecified atom stereocenters. The van der Waals surface area contributed by atoms with Crippen LogP contribution in [0.25, 0.3) is 0 Å². The molecule has 27 heavy (non-hydrogen) atoms. The zero-order chi connectivity index (χ0) is 19.6. The molecule has 0 saturated carbocycles. The van der Waals surface area contributed by atoms with Crippen molar-refractivity contribution in [1.82, 2.24) is 4.90 Å². The molecule has 2 N–H and O–H groups in total. The van der Waals surface area contributed by atoms with Crippen molar-refractivity contribution in [1.29, 1.82) is 0 Å². The van der Waals surface area contributed by atoms with Crippen molar-refractivity contribution in [2.24, 2.45) is 0 Å². The number of quaternary nitrogens is 1. The van der Waals surface area contributed by atoms with Crippen LogP contribution in [0.4, 0.5) is 5.69 Å². The molecule has 0 aromatic heterocycles. The fourth-order valence-corrected chi connectivity index (χ4v) is 3.31. The van der Waals surface area contributed by atoms with E-state index in [0.29, 0.717) is 18.0 Å². The van der Waals surface area contributed by atoms with Crippen LogP contribution in [0.2, 0.25) is 0 Å². The molecule has 2 rings (SSSR count). The first-order valence-electron chi connectivity index (χ1n) is 9.78. The molecule has 6 nitrogen and oxygen atoms in total. The van der Waals surface area contributed by atoms with E-state index in [1.807, 2.05) is 30.1 Å². The predicted octanol–water partition coefficient (Wildman–Crippen LogP) is 1.84. The van der Waals surface area contributed by atoms with Crippen LogP contribution in [0, 0.1) is 0 Å². The second kappa shape index (κ2) is 10.7. The van der Waals surface area contributed by atoms with Crippen LogP contribution in [0.5, 0.6) is 5.75 Å². The number of hydrogen-bond acceptors (Lipinski definition) is 3. The number of carbonyl (C=O) groups excluding carboxylic acids is 2. The normalized spacial score (nSPS) is 14.9. The topological polar surface area (TPSA) is 63.1 Å². The highest BCUT2D eigenvalue weighted by molar-refractivity contribution is 5.91. The lowest BCUT2D eigenvalue weighted by atomic mass is 10.0. The quantitative estimate of drug-likeness (QED) is 0.693. The Bertz CT molecular complexity index is 672. The summed E-state index contributed by atoms with van der Waals surface area (Å²) in [5.41, 5.74) is 1.85. The highest BCUT2D eigenvalue weighted by atomic mass is 16.5. The Balaban J connectivity index is 1.88. The van der Waals surface area contributed by atoms with Crippen LogP contribution in [0.3, 0.4) is 0 Å². The summed E-state index contributed by atoms with van der Waals surface area (Å²) < 4.78 is 5.17. The standard InChI is InChI=1S/C21H31N3O3/c1-4-13-24(18-10-6-5-7-11-18)21(26)16-23(2)15-20(25)22-17-9-8-12-19(14-17)27-3/h8-10,12,14H,4-7,11,13,15-16H2,1-3H3,(H,22,25)/p+1. The zero-order valence-electron chi connectivity index (χ0n) is 16.7. The van der Waals surface area contributed by atoms with E-state index in [1.165, 1.54) is 6.42 Å². The van der Waals surface area contributed by atoms with Gasteiger partial charge in [-0.05, 0) is 44.2 Å². The minimum Gasteiger partial charge on any atom is -0.497 e. The Morgan fingerprint density at radius 1 is 1.26 bits per heavy atom. The van der Waals surface area contributed by atoms with Gasteiger partial charge in [0.25, 0.3) is 11.8 Å². The van der Waals surface area contributed by atoms with Crippen molar-refractivity contribution >= 4 is 17.5 Å². The third kappa shape index (κ3) is 6.71. The van der Waals surface area contributed by atoms with E-state index in [4.69, 9.17) is 4.74 Å². The molecule has 1 atom stereocenters. The number of ether oxygens (including phenoxy) is 1. The Hall–Kier alpha value is -2.34. The molecule has 0 saturated heterocycles. The number of nitrogens with zero attached hydrogens (tertiary/aromatic N) is 1. The zero-order valence-corrected chi connectivity index (χ0v) is 16.7. The van der Waals surface area contributed by atoms with Gasteiger partial charge in [0, 0.05) is 24.0 Å². The maximum Gasteiger partial charge on any atom is 0.281 e. The van der Waals surface area contributed by atoms with E-state index in [1.54, 1.807) is 13.2 Å². The van der Waals surface area contributed by atoms with Crippen molar-refractivity contribution in [3.8, 4) is 5.75 Å². The molecule has 0 fully saturated rings. The lowest BCUT2D eigenvalue weighted by molar-refractivity contribution is -0.862. The van der Waals surface area contributed by atoms with Gasteiger partial charge in [-0.3, -0.25) is 9.59 Å². The van der Waals surface area contributed by atoms with Crippen LogP contribution in [0.1, 0.15) is 39.0 Å². The third-order valence-corrected chi connectivity index (χ3v) is 4.63. The summed E-state index contributed by atoms with van der Waals surface area (Å²) in [4.78, 5) is 27.9. The largest absolute Gasteiger partial charge is 0.497 e.